The molecule has 2 aromatic carbocycles. The summed E-state index contributed by atoms with van der Waals surface area (Å²) in [6.07, 6.45) is -0.482. The molecule has 3 rings (SSSR count). The van der Waals surface area contributed by atoms with Crippen LogP contribution in [0, 0.1) is 0 Å². The quantitative estimate of drug-likeness (QED) is 0.654. The Hall–Kier alpha value is -2.81. The average Bonchev–Trinajstić information content (AvgIpc) is 2.70. The van der Waals surface area contributed by atoms with Crippen molar-refractivity contribution in [2.24, 2.45) is 5.73 Å². The van der Waals surface area contributed by atoms with E-state index in [0.29, 0.717) is 24.8 Å². The fourth-order valence-corrected chi connectivity index (χ4v) is 2.43. The zero-order valence-corrected chi connectivity index (χ0v) is 16.6. The minimum absolute atomic E-state index is 0.206. The number of carboxylic acid groups (broad SMARTS) is 1. The van der Waals surface area contributed by atoms with Gasteiger partial charge in [-0.25, -0.2) is 9.59 Å². The van der Waals surface area contributed by atoms with E-state index in [4.69, 9.17) is 36.7 Å². The van der Waals surface area contributed by atoms with Crippen molar-refractivity contribution in [2.75, 3.05) is 26.9 Å². The minimum Gasteiger partial charge on any atom is -0.497 e. The van der Waals surface area contributed by atoms with E-state index in [-0.39, 0.29) is 12.2 Å². The van der Waals surface area contributed by atoms with E-state index in [2.05, 4.69) is 5.32 Å². The largest absolute Gasteiger partial charge is 0.497 e. The van der Waals surface area contributed by atoms with Gasteiger partial charge in [-0.2, -0.15) is 0 Å². The summed E-state index contributed by atoms with van der Waals surface area (Å²) in [6, 6.07) is 13.3. The fraction of sp³-hybridized carbons (Fsp3) is 0.300. The molecule has 1 aliphatic heterocycles. The summed E-state index contributed by atoms with van der Waals surface area (Å²) >= 11 is 5.52. The van der Waals surface area contributed by atoms with E-state index in [1.54, 1.807) is 19.2 Å². The molecule has 0 radical (unpaired) electrons. The van der Waals surface area contributed by atoms with Gasteiger partial charge in [0.05, 0.1) is 25.9 Å². The number of nitrogens with one attached hydrogen (secondary N) is 1. The Morgan fingerprint density at radius 1 is 1.17 bits per heavy atom. The third-order valence-electron chi connectivity index (χ3n) is 4.13. The van der Waals surface area contributed by atoms with Crippen LogP contribution in [0.25, 0.3) is 0 Å². The van der Waals surface area contributed by atoms with Gasteiger partial charge in [0.25, 0.3) is 0 Å². The highest BCUT2D eigenvalue weighted by Crippen LogP contribution is 2.16. The highest BCUT2D eigenvalue weighted by molar-refractivity contribution is 6.30. The first-order valence-electron chi connectivity index (χ1n) is 8.72. The number of aromatic carboxylic acids is 1. The monoisotopic (exact) mass is 422 g/mol. The van der Waals surface area contributed by atoms with Crippen LogP contribution in [0.5, 0.6) is 5.75 Å². The Kier molecular flexibility index (Phi) is 8.26. The molecule has 9 heteroatoms. The molecule has 0 bridgehead atoms. The van der Waals surface area contributed by atoms with Crippen molar-refractivity contribution in [3.8, 4) is 5.75 Å². The first-order chi connectivity index (χ1) is 13.9. The van der Waals surface area contributed by atoms with Crippen molar-refractivity contribution in [1.82, 2.24) is 5.32 Å². The molecule has 156 valence electrons. The number of hydrogen-bond acceptors (Lipinski definition) is 6. The summed E-state index contributed by atoms with van der Waals surface area (Å²) in [5, 5.41) is 11.7. The summed E-state index contributed by atoms with van der Waals surface area (Å²) in [5.74, 6) is -0.168. The van der Waals surface area contributed by atoms with Gasteiger partial charge < -0.3 is 30.4 Å². The van der Waals surface area contributed by atoms with Crippen LogP contribution in [0.4, 0.5) is 4.79 Å². The summed E-state index contributed by atoms with van der Waals surface area (Å²) in [4.78, 5) is 21.9. The molecule has 0 aliphatic carbocycles. The zero-order chi connectivity index (χ0) is 21.3. The molecule has 0 unspecified atom stereocenters. The molecule has 2 aromatic rings. The first-order valence-corrected chi connectivity index (χ1v) is 9.10. The first kappa shape index (κ1) is 22.5. The van der Waals surface area contributed by atoms with E-state index in [9.17, 15) is 9.59 Å². The lowest BCUT2D eigenvalue weighted by Gasteiger charge is -2.40. The third kappa shape index (κ3) is 6.94. The van der Waals surface area contributed by atoms with Crippen LogP contribution in [0.1, 0.15) is 15.9 Å². The standard InChI is InChI=1S/C13H18N2O4.C7H5ClO2/c1-17-11-4-2-10(3-5-11)6-19-12(16)15-13(7-14)8-18-9-13;8-6-3-1-5(2-4-6)7(9)10/h2-5H,6-9,14H2,1H3,(H,15,16);1-4H,(H,9,10). The number of benzene rings is 2. The van der Waals surface area contributed by atoms with E-state index in [0.717, 1.165) is 11.3 Å². The maximum absolute atomic E-state index is 11.6. The number of alkyl carbamates (subject to hydrolysis) is 1. The number of carbonyl (C=O) groups is 2. The van der Waals surface area contributed by atoms with Crippen molar-refractivity contribution >= 4 is 23.7 Å². The zero-order valence-electron chi connectivity index (χ0n) is 15.9. The summed E-state index contributed by atoms with van der Waals surface area (Å²) in [5.41, 5.74) is 6.28. The van der Waals surface area contributed by atoms with Crippen molar-refractivity contribution in [3.05, 3.63) is 64.7 Å². The highest BCUT2D eigenvalue weighted by Gasteiger charge is 2.39. The Balaban J connectivity index is 0.000000253. The second kappa shape index (κ2) is 10.7. The lowest BCUT2D eigenvalue weighted by molar-refractivity contribution is -0.0670. The van der Waals surface area contributed by atoms with Gasteiger partial charge in [0.15, 0.2) is 0 Å². The second-order valence-electron chi connectivity index (χ2n) is 6.34. The lowest BCUT2D eigenvalue weighted by atomic mass is 9.98. The maximum Gasteiger partial charge on any atom is 0.408 e. The van der Waals surface area contributed by atoms with Crippen molar-refractivity contribution < 1.29 is 28.9 Å². The van der Waals surface area contributed by atoms with Crippen molar-refractivity contribution in [3.63, 3.8) is 0 Å². The molecular weight excluding hydrogens is 400 g/mol. The van der Waals surface area contributed by atoms with E-state index in [1.165, 1.54) is 12.1 Å². The van der Waals surface area contributed by atoms with Crippen LogP contribution < -0.4 is 15.8 Å². The van der Waals surface area contributed by atoms with Gasteiger partial charge in [-0.05, 0) is 42.0 Å². The van der Waals surface area contributed by atoms with Gasteiger partial charge in [-0.15, -0.1) is 0 Å². The number of ether oxygens (including phenoxy) is 3. The summed E-state index contributed by atoms with van der Waals surface area (Å²) < 4.78 is 15.2. The Labute approximate surface area is 173 Å². The number of rotatable bonds is 6. The number of nitrogens with two attached hydrogens (primary N) is 1. The van der Waals surface area contributed by atoms with Crippen LogP contribution in [-0.2, 0) is 16.1 Å². The van der Waals surface area contributed by atoms with Gasteiger partial charge in [0.2, 0.25) is 0 Å². The van der Waals surface area contributed by atoms with Gasteiger partial charge in [0.1, 0.15) is 17.9 Å². The number of carbonyl (C=O) groups excluding carboxylic acids is 1. The molecule has 0 atom stereocenters. The SMILES string of the molecule is COc1ccc(COC(=O)NC2(CN)COC2)cc1.O=C(O)c1ccc(Cl)cc1. The van der Waals surface area contributed by atoms with E-state index >= 15 is 0 Å². The van der Waals surface area contributed by atoms with Crippen LogP contribution in [-0.4, -0.2) is 49.6 Å². The predicted octanol–water partition coefficient (Wildman–Crippen LogP) is 2.69. The Morgan fingerprint density at radius 2 is 1.79 bits per heavy atom. The fourth-order valence-electron chi connectivity index (χ4n) is 2.31. The Bertz CT molecular complexity index is 801. The number of carboxylic acids is 1. The van der Waals surface area contributed by atoms with Gasteiger partial charge in [-0.1, -0.05) is 23.7 Å². The van der Waals surface area contributed by atoms with Crippen LogP contribution in [0.3, 0.4) is 0 Å². The second-order valence-corrected chi connectivity index (χ2v) is 6.77. The number of amides is 1. The van der Waals surface area contributed by atoms with Crippen LogP contribution in [0.2, 0.25) is 5.02 Å². The summed E-state index contributed by atoms with van der Waals surface area (Å²) in [6.45, 7) is 1.41. The van der Waals surface area contributed by atoms with E-state index in [1.807, 2.05) is 24.3 Å². The third-order valence-corrected chi connectivity index (χ3v) is 4.39. The molecule has 4 N–H and O–H groups in total. The molecule has 0 spiro atoms. The number of methoxy groups -OCH3 is 1. The molecule has 0 aromatic heterocycles. The van der Waals surface area contributed by atoms with Gasteiger partial charge in [-0.3, -0.25) is 0 Å². The Morgan fingerprint density at radius 3 is 2.24 bits per heavy atom. The smallest absolute Gasteiger partial charge is 0.408 e. The molecule has 1 saturated heterocycles. The molecular formula is C20H23ClN2O6. The average molecular weight is 423 g/mol. The molecule has 8 nitrogen and oxygen atoms in total. The highest BCUT2D eigenvalue weighted by atomic mass is 35.5. The van der Waals surface area contributed by atoms with Crippen molar-refractivity contribution in [2.45, 2.75) is 12.1 Å². The lowest BCUT2D eigenvalue weighted by Crippen LogP contribution is -2.66. The molecule has 1 fully saturated rings. The topological polar surface area (TPSA) is 120 Å². The van der Waals surface area contributed by atoms with Crippen molar-refractivity contribution in [1.29, 1.82) is 0 Å². The number of hydrogen-bond donors (Lipinski definition) is 3. The maximum atomic E-state index is 11.6. The molecule has 0 saturated carbocycles. The molecule has 29 heavy (non-hydrogen) atoms. The van der Waals surface area contributed by atoms with Crippen LogP contribution >= 0.6 is 11.6 Å². The van der Waals surface area contributed by atoms with Crippen LogP contribution in [0.15, 0.2) is 48.5 Å². The van der Waals surface area contributed by atoms with E-state index < -0.39 is 17.6 Å². The minimum atomic E-state index is -0.934. The summed E-state index contributed by atoms with van der Waals surface area (Å²) in [7, 11) is 1.60. The normalized spacial score (nSPS) is 13.9. The number of halogens is 1. The molecule has 1 aliphatic rings. The molecule has 1 amide bonds. The van der Waals surface area contributed by atoms with Gasteiger partial charge in [0, 0.05) is 11.6 Å². The van der Waals surface area contributed by atoms with Gasteiger partial charge >= 0.3 is 12.1 Å². The predicted molar refractivity (Wildman–Crippen MR) is 107 cm³/mol. The molecule has 1 heterocycles.